The maximum Gasteiger partial charge on any atom is 0.306 e. The lowest BCUT2D eigenvalue weighted by Gasteiger charge is -2.24. The van der Waals surface area contributed by atoms with Gasteiger partial charge >= 0.3 is 5.97 Å². The number of carboxylic acid groups (broad SMARTS) is 1. The van der Waals surface area contributed by atoms with Crippen molar-refractivity contribution in [3.63, 3.8) is 0 Å². The Bertz CT molecular complexity index is 404. The van der Waals surface area contributed by atoms with Crippen LogP contribution in [-0.2, 0) is 4.79 Å². The van der Waals surface area contributed by atoms with Gasteiger partial charge < -0.3 is 15.1 Å². The average Bonchev–Trinajstić information content (AvgIpc) is 2.20. The second-order valence-electron chi connectivity index (χ2n) is 4.42. The molecular formula is C13H19NO3. The van der Waals surface area contributed by atoms with E-state index in [4.69, 9.17) is 5.11 Å². The van der Waals surface area contributed by atoms with Gasteiger partial charge in [0.2, 0.25) is 0 Å². The van der Waals surface area contributed by atoms with Crippen LogP contribution in [0, 0.1) is 13.8 Å². The number of aliphatic carboxylic acids is 1. The zero-order chi connectivity index (χ0) is 13.0. The molecule has 0 fully saturated rings. The molecule has 0 aliphatic carbocycles. The summed E-state index contributed by atoms with van der Waals surface area (Å²) in [4.78, 5) is 12.4. The number of carboxylic acids is 1. The summed E-state index contributed by atoms with van der Waals surface area (Å²) in [6, 6.07) is 6.08. The summed E-state index contributed by atoms with van der Waals surface area (Å²) in [5, 5.41) is 18.2. The molecule has 0 aliphatic rings. The van der Waals surface area contributed by atoms with Crippen LogP contribution in [0.4, 0.5) is 5.69 Å². The SMILES string of the molecule is Cc1ccc(C)c(N(C)CC(O)CC(=O)O)c1. The van der Waals surface area contributed by atoms with Crippen LogP contribution in [0.3, 0.4) is 0 Å². The van der Waals surface area contributed by atoms with E-state index in [0.29, 0.717) is 6.54 Å². The van der Waals surface area contributed by atoms with Gasteiger partial charge in [-0.15, -0.1) is 0 Å². The van der Waals surface area contributed by atoms with E-state index in [1.165, 1.54) is 0 Å². The molecule has 0 bridgehead atoms. The Labute approximate surface area is 101 Å². The van der Waals surface area contributed by atoms with E-state index in [0.717, 1.165) is 16.8 Å². The molecule has 1 unspecified atom stereocenters. The Morgan fingerprint density at radius 1 is 1.41 bits per heavy atom. The van der Waals surface area contributed by atoms with Crippen molar-refractivity contribution in [1.29, 1.82) is 0 Å². The number of rotatable bonds is 5. The van der Waals surface area contributed by atoms with Gasteiger partial charge in [0.1, 0.15) is 0 Å². The summed E-state index contributed by atoms with van der Waals surface area (Å²) in [5.41, 5.74) is 3.28. The molecule has 4 heteroatoms. The highest BCUT2D eigenvalue weighted by Crippen LogP contribution is 2.20. The maximum atomic E-state index is 10.5. The summed E-state index contributed by atoms with van der Waals surface area (Å²) in [6.07, 6.45) is -1.08. The monoisotopic (exact) mass is 237 g/mol. The molecule has 1 aromatic carbocycles. The molecule has 0 saturated heterocycles. The van der Waals surface area contributed by atoms with Crippen LogP contribution in [-0.4, -0.2) is 35.9 Å². The molecular weight excluding hydrogens is 218 g/mol. The molecule has 0 spiro atoms. The van der Waals surface area contributed by atoms with Crippen molar-refractivity contribution >= 4 is 11.7 Å². The highest BCUT2D eigenvalue weighted by molar-refractivity contribution is 5.67. The number of aliphatic hydroxyl groups is 1. The first kappa shape index (κ1) is 13.5. The van der Waals surface area contributed by atoms with Gasteiger partial charge in [-0.25, -0.2) is 0 Å². The van der Waals surface area contributed by atoms with Gasteiger partial charge in [-0.2, -0.15) is 0 Å². The van der Waals surface area contributed by atoms with Crippen LogP contribution in [0.1, 0.15) is 17.5 Å². The Balaban J connectivity index is 2.72. The fourth-order valence-electron chi connectivity index (χ4n) is 1.81. The molecule has 0 heterocycles. The van der Waals surface area contributed by atoms with E-state index in [1.807, 2.05) is 44.0 Å². The van der Waals surface area contributed by atoms with Crippen LogP contribution in [0.5, 0.6) is 0 Å². The zero-order valence-corrected chi connectivity index (χ0v) is 10.5. The highest BCUT2D eigenvalue weighted by Gasteiger charge is 2.13. The topological polar surface area (TPSA) is 60.8 Å². The fourth-order valence-corrected chi connectivity index (χ4v) is 1.81. The van der Waals surface area contributed by atoms with Crippen molar-refractivity contribution in [2.24, 2.45) is 0 Å². The standard InChI is InChI=1S/C13H19NO3/c1-9-4-5-10(2)12(6-9)14(3)8-11(15)7-13(16)17/h4-6,11,15H,7-8H2,1-3H3,(H,16,17). The van der Waals surface area contributed by atoms with Crippen molar-refractivity contribution in [3.8, 4) is 0 Å². The number of nitrogens with zero attached hydrogens (tertiary/aromatic N) is 1. The third-order valence-corrected chi connectivity index (χ3v) is 2.67. The third kappa shape index (κ3) is 4.07. The number of hydrogen-bond donors (Lipinski definition) is 2. The lowest BCUT2D eigenvalue weighted by atomic mass is 10.1. The second kappa shape index (κ2) is 5.68. The van der Waals surface area contributed by atoms with Crippen molar-refractivity contribution < 1.29 is 15.0 Å². The Morgan fingerprint density at radius 3 is 2.65 bits per heavy atom. The molecule has 1 rings (SSSR count). The number of aliphatic hydroxyl groups excluding tert-OH is 1. The minimum atomic E-state index is -0.980. The van der Waals surface area contributed by atoms with Crippen LogP contribution in [0.25, 0.3) is 0 Å². The van der Waals surface area contributed by atoms with Crippen molar-refractivity contribution in [2.75, 3.05) is 18.5 Å². The summed E-state index contributed by atoms with van der Waals surface area (Å²) >= 11 is 0. The molecule has 0 aliphatic heterocycles. The molecule has 0 saturated carbocycles. The van der Waals surface area contributed by atoms with E-state index < -0.39 is 12.1 Å². The first-order valence-electron chi connectivity index (χ1n) is 5.58. The quantitative estimate of drug-likeness (QED) is 0.816. The predicted octanol–water partition coefficient (Wildman–Crippen LogP) is 1.58. The van der Waals surface area contributed by atoms with Gasteiger partial charge in [-0.3, -0.25) is 4.79 Å². The Hall–Kier alpha value is -1.55. The number of benzene rings is 1. The molecule has 1 atom stereocenters. The summed E-state index contributed by atoms with van der Waals surface area (Å²) in [7, 11) is 1.85. The highest BCUT2D eigenvalue weighted by atomic mass is 16.4. The molecule has 4 nitrogen and oxygen atoms in total. The second-order valence-corrected chi connectivity index (χ2v) is 4.42. The molecule has 94 valence electrons. The summed E-state index contributed by atoms with van der Waals surface area (Å²) in [6.45, 7) is 4.32. The van der Waals surface area contributed by atoms with E-state index in [-0.39, 0.29) is 6.42 Å². The Morgan fingerprint density at radius 2 is 2.06 bits per heavy atom. The lowest BCUT2D eigenvalue weighted by Crippen LogP contribution is -2.31. The molecule has 0 radical (unpaired) electrons. The van der Waals surface area contributed by atoms with Crippen LogP contribution < -0.4 is 4.90 Å². The van der Waals surface area contributed by atoms with Gasteiger partial charge in [-0.1, -0.05) is 12.1 Å². The van der Waals surface area contributed by atoms with Gasteiger partial charge in [0.05, 0.1) is 12.5 Å². The van der Waals surface area contributed by atoms with Crippen molar-refractivity contribution in [3.05, 3.63) is 29.3 Å². The minimum absolute atomic E-state index is 0.227. The van der Waals surface area contributed by atoms with Gasteiger partial charge in [0.25, 0.3) is 0 Å². The Kier molecular flexibility index (Phi) is 4.52. The number of carbonyl (C=O) groups is 1. The first-order chi connectivity index (χ1) is 7.90. The molecule has 0 amide bonds. The molecule has 17 heavy (non-hydrogen) atoms. The number of hydrogen-bond acceptors (Lipinski definition) is 3. The molecule has 1 aromatic rings. The first-order valence-corrected chi connectivity index (χ1v) is 5.58. The van der Waals surface area contributed by atoms with Crippen LogP contribution in [0.15, 0.2) is 18.2 Å². The fraction of sp³-hybridized carbons (Fsp3) is 0.462. The lowest BCUT2D eigenvalue weighted by molar-refractivity contribution is -0.139. The number of likely N-dealkylation sites (N-methyl/N-ethyl adjacent to an activating group) is 1. The third-order valence-electron chi connectivity index (χ3n) is 2.67. The van der Waals surface area contributed by atoms with E-state index in [1.54, 1.807) is 0 Å². The number of anilines is 1. The van der Waals surface area contributed by atoms with Gasteiger partial charge in [-0.05, 0) is 31.0 Å². The van der Waals surface area contributed by atoms with Gasteiger partial charge in [0, 0.05) is 19.3 Å². The van der Waals surface area contributed by atoms with E-state index in [2.05, 4.69) is 0 Å². The van der Waals surface area contributed by atoms with Gasteiger partial charge in [0.15, 0.2) is 0 Å². The largest absolute Gasteiger partial charge is 0.481 e. The normalized spacial score (nSPS) is 12.2. The minimum Gasteiger partial charge on any atom is -0.481 e. The van der Waals surface area contributed by atoms with Crippen LogP contribution >= 0.6 is 0 Å². The maximum absolute atomic E-state index is 10.5. The van der Waals surface area contributed by atoms with E-state index in [9.17, 15) is 9.90 Å². The van der Waals surface area contributed by atoms with Crippen molar-refractivity contribution in [2.45, 2.75) is 26.4 Å². The van der Waals surface area contributed by atoms with E-state index >= 15 is 0 Å². The predicted molar refractivity (Wildman–Crippen MR) is 67.4 cm³/mol. The summed E-state index contributed by atoms with van der Waals surface area (Å²) < 4.78 is 0. The summed E-state index contributed by atoms with van der Waals surface area (Å²) in [5.74, 6) is -0.980. The molecule has 0 aromatic heterocycles. The average molecular weight is 237 g/mol. The zero-order valence-electron chi connectivity index (χ0n) is 10.5. The number of aryl methyl sites for hydroxylation is 2. The van der Waals surface area contributed by atoms with Crippen LogP contribution in [0.2, 0.25) is 0 Å². The smallest absolute Gasteiger partial charge is 0.306 e. The van der Waals surface area contributed by atoms with Crippen molar-refractivity contribution in [1.82, 2.24) is 0 Å². The molecule has 2 N–H and O–H groups in total.